The van der Waals surface area contributed by atoms with Crippen LogP contribution >= 0.6 is 0 Å². The van der Waals surface area contributed by atoms with Crippen molar-refractivity contribution < 1.29 is 8.78 Å². The van der Waals surface area contributed by atoms with E-state index in [1.54, 1.807) is 38.1 Å². The van der Waals surface area contributed by atoms with E-state index in [4.69, 9.17) is 5.73 Å². The number of nitrogen functional groups attached to an aromatic ring is 1. The number of hydrogen-bond donors (Lipinski definition) is 1. The van der Waals surface area contributed by atoms with Crippen LogP contribution in [0.1, 0.15) is 27.8 Å². The van der Waals surface area contributed by atoms with Crippen molar-refractivity contribution >= 4 is 5.69 Å². The summed E-state index contributed by atoms with van der Waals surface area (Å²) in [6.45, 7) is 5.34. The lowest BCUT2D eigenvalue weighted by Gasteiger charge is -2.22. The molecule has 0 aliphatic carbocycles. The van der Waals surface area contributed by atoms with Gasteiger partial charge in [-0.1, -0.05) is 29.8 Å². The molecule has 0 atom stereocenters. The van der Waals surface area contributed by atoms with Gasteiger partial charge in [0.2, 0.25) is 0 Å². The highest BCUT2D eigenvalue weighted by Gasteiger charge is 2.36. The van der Waals surface area contributed by atoms with Crippen LogP contribution in [0.5, 0.6) is 0 Å². The molecule has 19 heavy (non-hydrogen) atoms. The summed E-state index contributed by atoms with van der Waals surface area (Å²) in [5.41, 5.74) is 8.14. The minimum atomic E-state index is -3.03. The molecule has 1 nitrogen and oxygen atoms in total. The molecule has 0 aliphatic heterocycles. The Labute approximate surface area is 112 Å². The Kier molecular flexibility index (Phi) is 3.31. The van der Waals surface area contributed by atoms with E-state index in [1.807, 2.05) is 6.92 Å². The molecular formula is C16H17F2N. The highest BCUT2D eigenvalue weighted by molar-refractivity contribution is 5.49. The number of halogens is 2. The van der Waals surface area contributed by atoms with Crippen LogP contribution in [0.3, 0.4) is 0 Å². The number of anilines is 1. The fourth-order valence-electron chi connectivity index (χ4n) is 2.55. The van der Waals surface area contributed by atoms with Gasteiger partial charge < -0.3 is 5.73 Å². The number of nitrogens with two attached hydrogens (primary N) is 1. The van der Waals surface area contributed by atoms with Gasteiger partial charge in [-0.25, -0.2) is 0 Å². The molecule has 0 aromatic heterocycles. The Morgan fingerprint density at radius 3 is 2.05 bits per heavy atom. The minimum absolute atomic E-state index is 0.0671. The molecule has 0 spiro atoms. The van der Waals surface area contributed by atoms with Crippen LogP contribution in [-0.2, 0) is 5.92 Å². The van der Waals surface area contributed by atoms with Gasteiger partial charge in [0.25, 0.3) is 5.92 Å². The summed E-state index contributed by atoms with van der Waals surface area (Å²) < 4.78 is 29.3. The Hall–Kier alpha value is -1.90. The molecule has 0 unspecified atom stereocenters. The van der Waals surface area contributed by atoms with Crippen LogP contribution in [0, 0.1) is 20.8 Å². The zero-order valence-corrected chi connectivity index (χ0v) is 11.3. The summed E-state index contributed by atoms with van der Waals surface area (Å²) in [6.07, 6.45) is 0. The van der Waals surface area contributed by atoms with Gasteiger partial charge in [0.1, 0.15) is 0 Å². The summed E-state index contributed by atoms with van der Waals surface area (Å²) >= 11 is 0. The lowest BCUT2D eigenvalue weighted by atomic mass is 9.91. The van der Waals surface area contributed by atoms with E-state index in [1.165, 1.54) is 12.1 Å². The third kappa shape index (κ3) is 2.46. The molecule has 0 bridgehead atoms. The van der Waals surface area contributed by atoms with Crippen molar-refractivity contribution in [2.75, 3.05) is 5.73 Å². The molecule has 2 aromatic carbocycles. The first-order chi connectivity index (χ1) is 8.82. The third-order valence-corrected chi connectivity index (χ3v) is 3.24. The van der Waals surface area contributed by atoms with E-state index in [9.17, 15) is 8.78 Å². The Bertz CT molecular complexity index is 595. The van der Waals surface area contributed by atoms with Crippen molar-refractivity contribution in [1.29, 1.82) is 0 Å². The summed E-state index contributed by atoms with van der Waals surface area (Å²) in [6, 6.07) is 9.46. The maximum atomic E-state index is 14.7. The average molecular weight is 261 g/mol. The van der Waals surface area contributed by atoms with Crippen molar-refractivity contribution in [2.24, 2.45) is 0 Å². The summed E-state index contributed by atoms with van der Waals surface area (Å²) in [7, 11) is 0. The van der Waals surface area contributed by atoms with Crippen LogP contribution in [0.4, 0.5) is 14.5 Å². The number of alkyl halides is 2. The molecule has 2 aromatic rings. The van der Waals surface area contributed by atoms with E-state index in [0.29, 0.717) is 16.8 Å². The molecule has 3 heteroatoms. The van der Waals surface area contributed by atoms with E-state index in [2.05, 4.69) is 0 Å². The number of aryl methyl sites for hydroxylation is 3. The highest BCUT2D eigenvalue weighted by atomic mass is 19.3. The fourth-order valence-corrected chi connectivity index (χ4v) is 2.55. The number of benzene rings is 2. The maximum absolute atomic E-state index is 14.7. The largest absolute Gasteiger partial charge is 0.399 e. The Morgan fingerprint density at radius 2 is 1.53 bits per heavy atom. The molecule has 0 radical (unpaired) electrons. The van der Waals surface area contributed by atoms with Gasteiger partial charge in [0, 0.05) is 16.8 Å². The zero-order valence-electron chi connectivity index (χ0n) is 11.3. The average Bonchev–Trinajstić information content (AvgIpc) is 2.26. The molecule has 0 heterocycles. The standard InChI is InChI=1S/C16H17F2N/c1-10-7-11(2)15(12(3)8-10)16(17,18)13-5-4-6-14(19)9-13/h4-9H,19H2,1-3H3. The predicted octanol–water partition coefficient (Wildman–Crippen LogP) is 4.33. The van der Waals surface area contributed by atoms with E-state index in [0.717, 1.165) is 5.56 Å². The molecule has 0 saturated carbocycles. The van der Waals surface area contributed by atoms with Crippen molar-refractivity contribution in [3.63, 3.8) is 0 Å². The highest BCUT2D eigenvalue weighted by Crippen LogP contribution is 2.40. The van der Waals surface area contributed by atoms with Crippen molar-refractivity contribution in [3.05, 3.63) is 64.2 Å². The summed E-state index contributed by atoms with van der Waals surface area (Å²) in [5, 5.41) is 0. The molecule has 2 rings (SSSR count). The first kappa shape index (κ1) is 13.5. The van der Waals surface area contributed by atoms with Crippen LogP contribution in [0.2, 0.25) is 0 Å². The van der Waals surface area contributed by atoms with Gasteiger partial charge in [-0.15, -0.1) is 0 Å². The first-order valence-corrected chi connectivity index (χ1v) is 6.14. The monoisotopic (exact) mass is 261 g/mol. The molecule has 2 N–H and O–H groups in total. The van der Waals surface area contributed by atoms with Gasteiger partial charge in [-0.3, -0.25) is 0 Å². The Morgan fingerprint density at radius 1 is 0.947 bits per heavy atom. The van der Waals surface area contributed by atoms with Crippen molar-refractivity contribution in [2.45, 2.75) is 26.7 Å². The van der Waals surface area contributed by atoms with Gasteiger partial charge in [0.15, 0.2) is 0 Å². The van der Waals surface area contributed by atoms with E-state index in [-0.39, 0.29) is 11.1 Å². The van der Waals surface area contributed by atoms with E-state index >= 15 is 0 Å². The van der Waals surface area contributed by atoms with Crippen LogP contribution in [0.25, 0.3) is 0 Å². The number of rotatable bonds is 2. The summed E-state index contributed by atoms with van der Waals surface area (Å²) in [5.74, 6) is -3.03. The lowest BCUT2D eigenvalue weighted by Crippen LogP contribution is -2.19. The lowest BCUT2D eigenvalue weighted by molar-refractivity contribution is 0.0415. The van der Waals surface area contributed by atoms with Crippen LogP contribution in [0.15, 0.2) is 36.4 Å². The summed E-state index contributed by atoms with van der Waals surface area (Å²) in [4.78, 5) is 0. The van der Waals surface area contributed by atoms with E-state index < -0.39 is 5.92 Å². The van der Waals surface area contributed by atoms with Gasteiger partial charge in [0.05, 0.1) is 0 Å². The van der Waals surface area contributed by atoms with Crippen LogP contribution < -0.4 is 5.73 Å². The molecular weight excluding hydrogens is 244 g/mol. The molecule has 0 aliphatic rings. The third-order valence-electron chi connectivity index (χ3n) is 3.24. The predicted molar refractivity (Wildman–Crippen MR) is 74.5 cm³/mol. The Balaban J connectivity index is 2.63. The molecule has 0 saturated heterocycles. The zero-order chi connectivity index (χ0) is 14.2. The van der Waals surface area contributed by atoms with Gasteiger partial charge >= 0.3 is 0 Å². The molecule has 0 fully saturated rings. The minimum Gasteiger partial charge on any atom is -0.399 e. The fraction of sp³-hybridized carbons (Fsp3) is 0.250. The second kappa shape index (κ2) is 4.65. The van der Waals surface area contributed by atoms with Gasteiger partial charge in [-0.2, -0.15) is 8.78 Å². The smallest absolute Gasteiger partial charge is 0.299 e. The maximum Gasteiger partial charge on any atom is 0.299 e. The SMILES string of the molecule is Cc1cc(C)c(C(F)(F)c2cccc(N)c2)c(C)c1. The van der Waals surface area contributed by atoms with Crippen LogP contribution in [-0.4, -0.2) is 0 Å². The van der Waals surface area contributed by atoms with Crippen molar-refractivity contribution in [1.82, 2.24) is 0 Å². The first-order valence-electron chi connectivity index (χ1n) is 6.14. The second-order valence-electron chi connectivity index (χ2n) is 4.97. The molecule has 0 amide bonds. The topological polar surface area (TPSA) is 26.0 Å². The quantitative estimate of drug-likeness (QED) is 0.800. The molecule has 100 valence electrons. The normalized spacial score (nSPS) is 11.6. The van der Waals surface area contributed by atoms with Gasteiger partial charge in [-0.05, 0) is 44.0 Å². The van der Waals surface area contributed by atoms with Crippen molar-refractivity contribution in [3.8, 4) is 0 Å². The number of hydrogen-bond acceptors (Lipinski definition) is 1. The second-order valence-corrected chi connectivity index (χ2v) is 4.97.